The number of hydrogen-bond acceptors (Lipinski definition) is 6. The fourth-order valence-electron chi connectivity index (χ4n) is 3.74. The molecule has 0 spiro atoms. The summed E-state index contributed by atoms with van der Waals surface area (Å²) in [6.45, 7) is 5.25. The summed E-state index contributed by atoms with van der Waals surface area (Å²) in [4.78, 5) is 21.1. The van der Waals surface area contributed by atoms with Gasteiger partial charge in [-0.3, -0.25) is 4.79 Å². The highest BCUT2D eigenvalue weighted by atomic mass is 19.4. The first-order valence-corrected chi connectivity index (χ1v) is 10.3. The van der Waals surface area contributed by atoms with Crippen molar-refractivity contribution in [3.05, 3.63) is 70.4 Å². The van der Waals surface area contributed by atoms with Crippen LogP contribution in [0, 0.1) is 26.6 Å². The molecule has 35 heavy (non-hydrogen) atoms. The molecular formula is C23H20F4N6O2. The second kappa shape index (κ2) is 8.62. The highest BCUT2D eigenvalue weighted by Crippen LogP contribution is 2.32. The van der Waals surface area contributed by atoms with Gasteiger partial charge in [-0.25, -0.2) is 19.0 Å². The van der Waals surface area contributed by atoms with E-state index in [4.69, 9.17) is 5.73 Å². The van der Waals surface area contributed by atoms with E-state index in [0.29, 0.717) is 45.9 Å². The minimum absolute atomic E-state index is 0.251. The Morgan fingerprint density at radius 1 is 1.11 bits per heavy atom. The van der Waals surface area contributed by atoms with Gasteiger partial charge in [0, 0.05) is 5.69 Å². The summed E-state index contributed by atoms with van der Waals surface area (Å²) < 4.78 is 54.1. The lowest BCUT2D eigenvalue weighted by molar-refractivity contribution is -0.138. The minimum atomic E-state index is -4.83. The molecule has 4 N–H and O–H groups in total. The minimum Gasteiger partial charge on any atom is -0.382 e. The number of aryl methyl sites for hydroxylation is 3. The standard InChI is InChI=1S/C23H20F4N6O2/c1-10-6-16(31-22(35)20(34)13-7-14(23(25,26)27)9-15(24)8-13)4-5-17(10)33-19-18(11(2)32-33)29-12(3)30-21(19)28/h4-9,20,34H,1-3H3,(H,31,35)(H2,28,29,30)/t20-/m1/s1. The maximum absolute atomic E-state index is 13.7. The molecule has 182 valence electrons. The normalized spacial score (nSPS) is 12.7. The van der Waals surface area contributed by atoms with Crippen LogP contribution in [-0.4, -0.2) is 30.8 Å². The molecule has 0 aliphatic carbocycles. The SMILES string of the molecule is Cc1nc(N)c2c(n1)c(C)nn2-c1ccc(NC(=O)[C@H](O)c2cc(F)cc(C(F)(F)F)c2)cc1C. The molecule has 2 heterocycles. The van der Waals surface area contributed by atoms with Gasteiger partial charge in [0.15, 0.2) is 11.9 Å². The molecule has 2 aromatic carbocycles. The highest BCUT2D eigenvalue weighted by Gasteiger charge is 2.32. The molecule has 4 rings (SSSR count). The van der Waals surface area contributed by atoms with Crippen LogP contribution in [-0.2, 0) is 11.0 Å². The lowest BCUT2D eigenvalue weighted by atomic mass is 10.0. The number of carbonyl (C=O) groups excluding carboxylic acids is 1. The van der Waals surface area contributed by atoms with Crippen LogP contribution in [0.25, 0.3) is 16.7 Å². The highest BCUT2D eigenvalue weighted by molar-refractivity contribution is 5.95. The summed E-state index contributed by atoms with van der Waals surface area (Å²) in [7, 11) is 0. The molecule has 0 radical (unpaired) electrons. The number of nitrogen functional groups attached to an aromatic ring is 1. The van der Waals surface area contributed by atoms with E-state index >= 15 is 0 Å². The lowest BCUT2D eigenvalue weighted by Gasteiger charge is -2.15. The van der Waals surface area contributed by atoms with E-state index in [-0.39, 0.29) is 17.6 Å². The number of hydrogen-bond donors (Lipinski definition) is 3. The van der Waals surface area contributed by atoms with Crippen molar-refractivity contribution in [2.24, 2.45) is 0 Å². The number of carbonyl (C=O) groups is 1. The van der Waals surface area contributed by atoms with Gasteiger partial charge in [0.25, 0.3) is 5.91 Å². The van der Waals surface area contributed by atoms with Crippen molar-refractivity contribution in [1.29, 1.82) is 0 Å². The third-order valence-electron chi connectivity index (χ3n) is 5.33. The first-order valence-electron chi connectivity index (χ1n) is 10.3. The number of halogens is 4. The molecule has 2 aromatic heterocycles. The number of anilines is 2. The Hall–Kier alpha value is -4.06. The van der Waals surface area contributed by atoms with Gasteiger partial charge in [0.1, 0.15) is 22.7 Å². The summed E-state index contributed by atoms with van der Waals surface area (Å²) in [5, 5.41) is 17.2. The average Bonchev–Trinajstić information content (AvgIpc) is 3.08. The summed E-state index contributed by atoms with van der Waals surface area (Å²) >= 11 is 0. The Kier molecular flexibility index (Phi) is 5.93. The fraction of sp³-hybridized carbons (Fsp3) is 0.217. The number of aliphatic hydroxyl groups is 1. The number of nitrogens with two attached hydrogens (primary N) is 1. The van der Waals surface area contributed by atoms with Crippen molar-refractivity contribution in [3.8, 4) is 5.69 Å². The van der Waals surface area contributed by atoms with E-state index in [9.17, 15) is 27.5 Å². The second-order valence-corrected chi connectivity index (χ2v) is 8.01. The molecule has 0 unspecified atom stereocenters. The third kappa shape index (κ3) is 4.64. The third-order valence-corrected chi connectivity index (χ3v) is 5.33. The van der Waals surface area contributed by atoms with Crippen LogP contribution in [0.3, 0.4) is 0 Å². The molecule has 1 amide bonds. The number of rotatable bonds is 4. The van der Waals surface area contributed by atoms with Crippen LogP contribution in [0.4, 0.5) is 29.1 Å². The van der Waals surface area contributed by atoms with Crippen molar-refractivity contribution < 1.29 is 27.5 Å². The monoisotopic (exact) mass is 488 g/mol. The Bertz CT molecular complexity index is 1460. The van der Waals surface area contributed by atoms with Gasteiger partial charge in [-0.15, -0.1) is 0 Å². The van der Waals surface area contributed by atoms with Crippen molar-refractivity contribution >= 4 is 28.4 Å². The van der Waals surface area contributed by atoms with Gasteiger partial charge in [0.2, 0.25) is 0 Å². The number of nitrogens with zero attached hydrogens (tertiary/aromatic N) is 4. The number of amides is 1. The number of benzene rings is 2. The van der Waals surface area contributed by atoms with E-state index in [1.807, 2.05) is 0 Å². The van der Waals surface area contributed by atoms with Crippen molar-refractivity contribution in [2.75, 3.05) is 11.1 Å². The van der Waals surface area contributed by atoms with Crippen molar-refractivity contribution in [1.82, 2.24) is 19.7 Å². The number of aliphatic hydroxyl groups excluding tert-OH is 1. The molecule has 0 fully saturated rings. The van der Waals surface area contributed by atoms with Gasteiger partial charge in [-0.1, -0.05) is 0 Å². The Morgan fingerprint density at radius 2 is 1.83 bits per heavy atom. The number of nitrogens with one attached hydrogen (secondary N) is 1. The Labute approximate surface area is 196 Å². The summed E-state index contributed by atoms with van der Waals surface area (Å²) in [6.07, 6.45) is -6.85. The second-order valence-electron chi connectivity index (χ2n) is 8.01. The lowest BCUT2D eigenvalue weighted by Crippen LogP contribution is -2.21. The van der Waals surface area contributed by atoms with Gasteiger partial charge >= 0.3 is 6.18 Å². The molecule has 0 bridgehead atoms. The number of alkyl halides is 3. The van der Waals surface area contributed by atoms with Gasteiger partial charge in [-0.2, -0.15) is 18.3 Å². The summed E-state index contributed by atoms with van der Waals surface area (Å²) in [6, 6.07) is 6.24. The summed E-state index contributed by atoms with van der Waals surface area (Å²) in [5.74, 6) is -1.49. The molecule has 0 aliphatic heterocycles. The smallest absolute Gasteiger partial charge is 0.382 e. The van der Waals surface area contributed by atoms with E-state index in [1.54, 1.807) is 37.6 Å². The predicted molar refractivity (Wildman–Crippen MR) is 120 cm³/mol. The molecule has 0 saturated carbocycles. The molecule has 12 heteroatoms. The predicted octanol–water partition coefficient (Wildman–Crippen LogP) is 4.15. The van der Waals surface area contributed by atoms with Crippen LogP contribution >= 0.6 is 0 Å². The van der Waals surface area contributed by atoms with Crippen LogP contribution in [0.1, 0.15) is 34.3 Å². The van der Waals surface area contributed by atoms with Crippen LogP contribution in [0.5, 0.6) is 0 Å². The van der Waals surface area contributed by atoms with Crippen molar-refractivity contribution in [3.63, 3.8) is 0 Å². The molecular weight excluding hydrogens is 468 g/mol. The van der Waals surface area contributed by atoms with Crippen LogP contribution < -0.4 is 11.1 Å². The van der Waals surface area contributed by atoms with E-state index in [1.165, 1.54) is 6.07 Å². The van der Waals surface area contributed by atoms with E-state index in [0.717, 1.165) is 0 Å². The van der Waals surface area contributed by atoms with E-state index in [2.05, 4.69) is 20.4 Å². The quantitative estimate of drug-likeness (QED) is 0.372. The van der Waals surface area contributed by atoms with Crippen molar-refractivity contribution in [2.45, 2.75) is 33.1 Å². The van der Waals surface area contributed by atoms with Crippen LogP contribution in [0.15, 0.2) is 36.4 Å². The fourth-order valence-corrected chi connectivity index (χ4v) is 3.74. The van der Waals surface area contributed by atoms with Gasteiger partial charge in [0.05, 0.1) is 16.9 Å². The number of fused-ring (bicyclic) bond motifs is 1. The first-order chi connectivity index (χ1) is 16.3. The molecule has 1 atom stereocenters. The summed E-state index contributed by atoms with van der Waals surface area (Å²) in [5.41, 5.74) is 7.58. The van der Waals surface area contributed by atoms with Crippen LogP contribution in [0.2, 0.25) is 0 Å². The zero-order valence-electron chi connectivity index (χ0n) is 18.8. The molecule has 8 nitrogen and oxygen atoms in total. The average molecular weight is 488 g/mol. The largest absolute Gasteiger partial charge is 0.416 e. The first kappa shape index (κ1) is 24.1. The zero-order valence-corrected chi connectivity index (χ0v) is 18.8. The van der Waals surface area contributed by atoms with Gasteiger partial charge < -0.3 is 16.2 Å². The zero-order chi connectivity index (χ0) is 25.7. The maximum Gasteiger partial charge on any atom is 0.416 e. The van der Waals surface area contributed by atoms with E-state index < -0.39 is 35.1 Å². The van der Waals surface area contributed by atoms with Gasteiger partial charge in [-0.05, 0) is 68.3 Å². The molecule has 0 saturated heterocycles. The maximum atomic E-state index is 13.7. The topological polar surface area (TPSA) is 119 Å². The number of aromatic nitrogens is 4. The molecule has 0 aliphatic rings. The Balaban J connectivity index is 1.62. The Morgan fingerprint density at radius 3 is 2.49 bits per heavy atom. The molecule has 4 aromatic rings.